The zero-order chi connectivity index (χ0) is 60.3. The van der Waals surface area contributed by atoms with Gasteiger partial charge in [0.05, 0.1) is 25.4 Å². The maximum Gasteiger partial charge on any atom is 0.249 e. The fourth-order valence-corrected chi connectivity index (χ4v) is 12.5. The number of carbonyl (C=O) groups is 1. The van der Waals surface area contributed by atoms with Crippen molar-refractivity contribution in [2.45, 2.75) is 441 Å². The fraction of sp³-hybridized carbons (Fsp3) is 0.986. The van der Waals surface area contributed by atoms with E-state index in [4.69, 9.17) is 9.47 Å². The van der Waals surface area contributed by atoms with Gasteiger partial charge in [-0.1, -0.05) is 373 Å². The molecule has 11 heteroatoms. The van der Waals surface area contributed by atoms with Gasteiger partial charge in [-0.25, -0.2) is 0 Å². The summed E-state index contributed by atoms with van der Waals surface area (Å²) in [6.07, 6.45) is 63.5. The van der Waals surface area contributed by atoms with E-state index in [9.17, 15) is 40.5 Å². The number of unbranched alkanes of at least 4 members (excludes halogenated alkanes) is 54. The van der Waals surface area contributed by atoms with Gasteiger partial charge >= 0.3 is 0 Å². The quantitative estimate of drug-likeness (QED) is 0.0272. The van der Waals surface area contributed by atoms with E-state index < -0.39 is 74.2 Å². The van der Waals surface area contributed by atoms with Crippen LogP contribution in [0.4, 0.5) is 0 Å². The molecule has 9 atom stereocenters. The predicted octanol–water partition coefficient (Wildman–Crippen LogP) is 18.0. The highest BCUT2D eigenvalue weighted by Crippen LogP contribution is 2.24. The number of hydrogen-bond donors (Lipinski definition) is 8. The van der Waals surface area contributed by atoms with Crippen LogP contribution in [0.15, 0.2) is 0 Å². The van der Waals surface area contributed by atoms with Crippen LogP contribution < -0.4 is 5.32 Å². The van der Waals surface area contributed by atoms with Crippen molar-refractivity contribution in [1.29, 1.82) is 0 Å². The van der Waals surface area contributed by atoms with Gasteiger partial charge in [0.1, 0.15) is 36.6 Å². The Balaban J connectivity index is 2.11. The Morgan fingerprint density at radius 2 is 0.627 bits per heavy atom. The van der Waals surface area contributed by atoms with Gasteiger partial charge in [0.2, 0.25) is 5.91 Å². The average molecular weight is 1180 g/mol. The van der Waals surface area contributed by atoms with Crippen LogP contribution in [0.5, 0.6) is 0 Å². The van der Waals surface area contributed by atoms with Crippen molar-refractivity contribution in [3.05, 3.63) is 0 Å². The Morgan fingerprint density at radius 3 is 0.892 bits per heavy atom. The van der Waals surface area contributed by atoms with Crippen molar-refractivity contribution in [2.24, 2.45) is 0 Å². The second-order valence-electron chi connectivity index (χ2n) is 26.4. The van der Waals surface area contributed by atoms with Gasteiger partial charge in [-0.15, -0.1) is 0 Å². The maximum absolute atomic E-state index is 13.3. The van der Waals surface area contributed by atoms with Gasteiger partial charge in [-0.2, -0.15) is 0 Å². The molecular formula is C72H143NO10. The van der Waals surface area contributed by atoms with Crippen LogP contribution in [0.25, 0.3) is 0 Å². The zero-order valence-electron chi connectivity index (χ0n) is 55.0. The first kappa shape index (κ1) is 80.1. The Morgan fingerprint density at radius 1 is 0.373 bits per heavy atom. The van der Waals surface area contributed by atoms with Gasteiger partial charge in [-0.3, -0.25) is 4.79 Å². The molecule has 496 valence electrons. The van der Waals surface area contributed by atoms with E-state index in [1.54, 1.807) is 0 Å². The summed E-state index contributed by atoms with van der Waals surface area (Å²) in [6, 6.07) is -1.16. The van der Waals surface area contributed by atoms with Crippen molar-refractivity contribution in [3.63, 3.8) is 0 Å². The highest BCUT2D eigenvalue weighted by Gasteiger charge is 2.44. The van der Waals surface area contributed by atoms with Gasteiger partial charge in [-0.05, 0) is 12.8 Å². The molecule has 1 amide bonds. The van der Waals surface area contributed by atoms with E-state index in [1.807, 2.05) is 0 Å². The molecule has 0 saturated carbocycles. The SMILES string of the molecule is CCCCCCCCCCCCCCCCCCCCCCCCCCCCCCCCCCCCCCC(O)C(=O)NC(COC1OC(CO)C(O)C(O)C1O)C(O)C(O)CCCCCCCCCCCCCCCCCCCCCC. The van der Waals surface area contributed by atoms with E-state index in [0.29, 0.717) is 19.3 Å². The van der Waals surface area contributed by atoms with Crippen LogP contribution in [0, 0.1) is 0 Å². The third-order valence-corrected chi connectivity index (χ3v) is 18.4. The van der Waals surface area contributed by atoms with Gasteiger partial charge in [0.25, 0.3) is 0 Å². The van der Waals surface area contributed by atoms with E-state index >= 15 is 0 Å². The third-order valence-electron chi connectivity index (χ3n) is 18.4. The normalized spacial score (nSPS) is 18.9. The number of hydrogen-bond acceptors (Lipinski definition) is 10. The summed E-state index contributed by atoms with van der Waals surface area (Å²) in [4.78, 5) is 13.3. The fourth-order valence-electron chi connectivity index (χ4n) is 12.5. The molecule has 11 nitrogen and oxygen atoms in total. The summed E-state index contributed by atoms with van der Waals surface area (Å²) >= 11 is 0. The molecule has 0 spiro atoms. The van der Waals surface area contributed by atoms with Crippen molar-refractivity contribution in [1.82, 2.24) is 5.32 Å². The number of carbonyl (C=O) groups excluding carboxylic acids is 1. The molecule has 9 unspecified atom stereocenters. The molecule has 1 fully saturated rings. The highest BCUT2D eigenvalue weighted by molar-refractivity contribution is 5.80. The topological polar surface area (TPSA) is 189 Å². The van der Waals surface area contributed by atoms with Gasteiger partial charge in [0.15, 0.2) is 6.29 Å². The first-order valence-electron chi connectivity index (χ1n) is 36.9. The standard InChI is InChI=1S/C72H143NO10/c1-3-5-7-9-11-13-15-17-19-21-23-25-26-27-28-29-30-31-32-33-34-35-36-37-38-39-40-42-44-46-48-50-52-54-56-58-60-65(76)71(81)73-63(62-82-72-70(80)69(79)68(78)66(61-74)83-72)67(77)64(75)59-57-55-53-51-49-47-45-43-41-24-22-20-18-16-14-12-10-8-6-4-2/h63-70,72,74-80H,3-62H2,1-2H3,(H,73,81). The molecule has 0 aromatic carbocycles. The molecule has 0 aromatic heterocycles. The van der Waals surface area contributed by atoms with Crippen LogP contribution in [-0.4, -0.2) is 110 Å². The zero-order valence-corrected chi connectivity index (χ0v) is 55.0. The number of aliphatic hydroxyl groups excluding tert-OH is 7. The van der Waals surface area contributed by atoms with Crippen LogP contribution >= 0.6 is 0 Å². The number of nitrogens with one attached hydrogen (secondary N) is 1. The number of rotatable bonds is 66. The average Bonchev–Trinajstić information content (AvgIpc) is 3.69. The molecule has 0 bridgehead atoms. The van der Waals surface area contributed by atoms with Crippen molar-refractivity contribution < 1.29 is 50.0 Å². The number of amides is 1. The minimum absolute atomic E-state index is 0.268. The maximum atomic E-state index is 13.3. The van der Waals surface area contributed by atoms with Crippen LogP contribution in [0.2, 0.25) is 0 Å². The molecule has 8 N–H and O–H groups in total. The smallest absolute Gasteiger partial charge is 0.249 e. The molecule has 1 rings (SSSR count). The van der Waals surface area contributed by atoms with Crippen LogP contribution in [0.3, 0.4) is 0 Å². The molecule has 0 aliphatic carbocycles. The monoisotopic (exact) mass is 1180 g/mol. The molecule has 1 aliphatic heterocycles. The summed E-state index contributed by atoms with van der Waals surface area (Å²) in [6.45, 7) is 3.53. The Kier molecular flexibility index (Phi) is 59.2. The van der Waals surface area contributed by atoms with Crippen molar-refractivity contribution in [3.8, 4) is 0 Å². The lowest BCUT2D eigenvalue weighted by Crippen LogP contribution is -2.60. The highest BCUT2D eigenvalue weighted by atomic mass is 16.7. The minimum atomic E-state index is -1.66. The van der Waals surface area contributed by atoms with Gasteiger partial charge in [0, 0.05) is 0 Å². The summed E-state index contributed by atoms with van der Waals surface area (Å²) in [5, 5.41) is 76.5. The Bertz CT molecular complexity index is 1310. The number of aliphatic hydroxyl groups is 7. The lowest BCUT2D eigenvalue weighted by molar-refractivity contribution is -0.303. The lowest BCUT2D eigenvalue weighted by atomic mass is 9.98. The Labute approximate surface area is 513 Å². The minimum Gasteiger partial charge on any atom is -0.394 e. The molecule has 0 aromatic rings. The molecule has 1 saturated heterocycles. The van der Waals surface area contributed by atoms with E-state index in [0.717, 1.165) is 38.5 Å². The Hall–Kier alpha value is -0.890. The molecule has 83 heavy (non-hydrogen) atoms. The van der Waals surface area contributed by atoms with Crippen molar-refractivity contribution >= 4 is 5.91 Å². The molecule has 0 radical (unpaired) electrons. The largest absolute Gasteiger partial charge is 0.394 e. The van der Waals surface area contributed by atoms with E-state index in [1.165, 1.54) is 308 Å². The lowest BCUT2D eigenvalue weighted by Gasteiger charge is -2.40. The molecule has 1 aliphatic rings. The van der Waals surface area contributed by atoms with E-state index in [-0.39, 0.29) is 6.42 Å². The first-order valence-corrected chi connectivity index (χ1v) is 36.9. The third kappa shape index (κ3) is 48.7. The summed E-state index contributed by atoms with van der Waals surface area (Å²) in [5.74, 6) is -0.686. The first-order chi connectivity index (χ1) is 40.7. The summed E-state index contributed by atoms with van der Waals surface area (Å²) in [7, 11) is 0. The molecular weight excluding hydrogens is 1040 g/mol. The van der Waals surface area contributed by atoms with Crippen molar-refractivity contribution in [2.75, 3.05) is 13.2 Å². The van der Waals surface area contributed by atoms with Crippen LogP contribution in [-0.2, 0) is 14.3 Å². The summed E-state index contributed by atoms with van der Waals surface area (Å²) in [5.41, 5.74) is 0. The second kappa shape index (κ2) is 61.4. The van der Waals surface area contributed by atoms with Gasteiger partial charge < -0.3 is 50.5 Å². The second-order valence-corrected chi connectivity index (χ2v) is 26.4. The number of ether oxygens (including phenoxy) is 2. The summed E-state index contributed by atoms with van der Waals surface area (Å²) < 4.78 is 11.2. The molecule has 1 heterocycles. The van der Waals surface area contributed by atoms with Crippen LogP contribution in [0.1, 0.15) is 386 Å². The predicted molar refractivity (Wildman–Crippen MR) is 349 cm³/mol. The van der Waals surface area contributed by atoms with E-state index in [2.05, 4.69) is 19.2 Å².